The Labute approximate surface area is 134 Å². The lowest BCUT2D eigenvalue weighted by Crippen LogP contribution is -2.52. The molecule has 0 unspecified atom stereocenters. The van der Waals surface area contributed by atoms with Gasteiger partial charge in [0.1, 0.15) is 10.4 Å². The van der Waals surface area contributed by atoms with Gasteiger partial charge in [0.25, 0.3) is 0 Å². The van der Waals surface area contributed by atoms with Gasteiger partial charge in [0.15, 0.2) is 0 Å². The lowest BCUT2D eigenvalue weighted by Gasteiger charge is -2.27. The summed E-state index contributed by atoms with van der Waals surface area (Å²) in [4.78, 5) is 11.7. The molecule has 1 N–H and O–H groups in total. The standard InChI is InChI=1S/C13H17Cl2NO4S/c1-4-7-13(2,12(17)20-3)16-21(18,19)11-8-9(14)5-6-10(11)15/h5-6,8,16H,4,7H2,1-3H3/t13-/m0/s1. The highest BCUT2D eigenvalue weighted by Gasteiger charge is 2.38. The summed E-state index contributed by atoms with van der Waals surface area (Å²) >= 11 is 11.7. The molecule has 0 saturated heterocycles. The second-order valence-corrected chi connectivity index (χ2v) is 7.25. The van der Waals surface area contributed by atoms with E-state index in [4.69, 9.17) is 23.2 Å². The minimum atomic E-state index is -4.02. The fraction of sp³-hybridized carbons (Fsp3) is 0.462. The Kier molecular flexibility index (Phi) is 6.04. The van der Waals surface area contributed by atoms with Crippen molar-refractivity contribution in [3.8, 4) is 0 Å². The van der Waals surface area contributed by atoms with Crippen LogP contribution in [0.3, 0.4) is 0 Å². The molecule has 1 aromatic rings. The predicted octanol–water partition coefficient (Wildman–Crippen LogP) is 3.00. The molecule has 0 radical (unpaired) electrons. The number of methoxy groups -OCH3 is 1. The minimum absolute atomic E-state index is 0.0237. The van der Waals surface area contributed by atoms with Crippen LogP contribution in [0.1, 0.15) is 26.7 Å². The molecule has 118 valence electrons. The van der Waals surface area contributed by atoms with Gasteiger partial charge in [-0.15, -0.1) is 0 Å². The number of sulfonamides is 1. The van der Waals surface area contributed by atoms with Crippen LogP contribution in [0.5, 0.6) is 0 Å². The van der Waals surface area contributed by atoms with E-state index in [1.165, 1.54) is 32.2 Å². The zero-order chi connectivity index (χ0) is 16.3. The first kappa shape index (κ1) is 18.2. The van der Waals surface area contributed by atoms with E-state index in [0.717, 1.165) is 0 Å². The third-order valence-corrected chi connectivity index (χ3v) is 5.24. The average Bonchev–Trinajstić information content (AvgIpc) is 2.40. The zero-order valence-corrected chi connectivity index (χ0v) is 14.3. The quantitative estimate of drug-likeness (QED) is 0.797. The van der Waals surface area contributed by atoms with Crippen LogP contribution in [0.4, 0.5) is 0 Å². The molecule has 0 aliphatic heterocycles. The molecule has 0 bridgehead atoms. The van der Waals surface area contributed by atoms with Gasteiger partial charge in [-0.05, 0) is 31.5 Å². The van der Waals surface area contributed by atoms with Crippen molar-refractivity contribution in [3.63, 3.8) is 0 Å². The minimum Gasteiger partial charge on any atom is -0.468 e. The third kappa shape index (κ3) is 4.32. The van der Waals surface area contributed by atoms with E-state index in [1.807, 2.05) is 6.92 Å². The molecule has 8 heteroatoms. The zero-order valence-electron chi connectivity index (χ0n) is 11.9. The highest BCUT2D eigenvalue weighted by Crippen LogP contribution is 2.27. The van der Waals surface area contributed by atoms with Crippen LogP contribution in [-0.2, 0) is 19.6 Å². The maximum absolute atomic E-state index is 12.5. The summed E-state index contributed by atoms with van der Waals surface area (Å²) in [6, 6.07) is 4.10. The van der Waals surface area contributed by atoms with Gasteiger partial charge in [-0.3, -0.25) is 4.79 Å². The van der Waals surface area contributed by atoms with Crippen LogP contribution in [-0.4, -0.2) is 27.0 Å². The van der Waals surface area contributed by atoms with Crippen molar-refractivity contribution in [1.29, 1.82) is 0 Å². The Morgan fingerprint density at radius 1 is 1.38 bits per heavy atom. The van der Waals surface area contributed by atoms with Crippen LogP contribution < -0.4 is 4.72 Å². The van der Waals surface area contributed by atoms with Crippen molar-refractivity contribution < 1.29 is 17.9 Å². The molecule has 0 aliphatic rings. The molecule has 1 rings (SSSR count). The topological polar surface area (TPSA) is 72.5 Å². The summed E-state index contributed by atoms with van der Waals surface area (Å²) in [5.74, 6) is -0.661. The van der Waals surface area contributed by atoms with Crippen molar-refractivity contribution >= 4 is 39.2 Å². The Balaban J connectivity index is 3.24. The van der Waals surface area contributed by atoms with Gasteiger partial charge in [0.05, 0.1) is 12.1 Å². The van der Waals surface area contributed by atoms with Crippen molar-refractivity contribution in [3.05, 3.63) is 28.2 Å². The highest BCUT2D eigenvalue weighted by molar-refractivity contribution is 7.89. The lowest BCUT2D eigenvalue weighted by atomic mass is 9.98. The molecular formula is C13H17Cl2NO4S. The van der Waals surface area contributed by atoms with Crippen molar-refractivity contribution in [1.82, 2.24) is 4.72 Å². The van der Waals surface area contributed by atoms with Gasteiger partial charge >= 0.3 is 5.97 Å². The predicted molar refractivity (Wildman–Crippen MR) is 82.1 cm³/mol. The number of carbonyl (C=O) groups is 1. The molecule has 0 heterocycles. The summed E-state index contributed by atoms with van der Waals surface area (Å²) < 4.78 is 31.9. The van der Waals surface area contributed by atoms with E-state index >= 15 is 0 Å². The summed E-state index contributed by atoms with van der Waals surface area (Å²) in [6.07, 6.45) is 0.883. The Hall–Kier alpha value is -0.820. The number of rotatable bonds is 6. The van der Waals surface area contributed by atoms with Crippen molar-refractivity contribution in [2.45, 2.75) is 37.1 Å². The van der Waals surface area contributed by atoms with E-state index in [0.29, 0.717) is 6.42 Å². The first-order valence-corrected chi connectivity index (χ1v) is 8.47. The number of esters is 1. The SMILES string of the molecule is CCC[C@](C)(NS(=O)(=O)c1cc(Cl)ccc1Cl)C(=O)OC. The Morgan fingerprint density at radius 2 is 2.00 bits per heavy atom. The summed E-state index contributed by atoms with van der Waals surface area (Å²) in [6.45, 7) is 3.31. The van der Waals surface area contributed by atoms with Gasteiger partial charge in [-0.1, -0.05) is 36.5 Å². The van der Waals surface area contributed by atoms with Crippen molar-refractivity contribution in [2.24, 2.45) is 0 Å². The molecule has 0 fully saturated rings. The monoisotopic (exact) mass is 353 g/mol. The highest BCUT2D eigenvalue weighted by atomic mass is 35.5. The second kappa shape index (κ2) is 6.96. The first-order valence-electron chi connectivity index (χ1n) is 6.23. The lowest BCUT2D eigenvalue weighted by molar-refractivity contribution is -0.147. The number of benzene rings is 1. The average molecular weight is 354 g/mol. The van der Waals surface area contributed by atoms with Crippen LogP contribution in [0.15, 0.2) is 23.1 Å². The van der Waals surface area contributed by atoms with Gasteiger partial charge in [-0.2, -0.15) is 4.72 Å². The van der Waals surface area contributed by atoms with E-state index in [9.17, 15) is 13.2 Å². The molecule has 5 nitrogen and oxygen atoms in total. The number of carbonyl (C=O) groups excluding carboxylic acids is 1. The number of hydrogen-bond acceptors (Lipinski definition) is 4. The molecule has 0 spiro atoms. The molecule has 21 heavy (non-hydrogen) atoms. The summed E-state index contributed by atoms with van der Waals surface area (Å²) in [7, 11) is -2.81. The first-order chi connectivity index (χ1) is 9.66. The summed E-state index contributed by atoms with van der Waals surface area (Å²) in [5.41, 5.74) is -1.37. The van der Waals surface area contributed by atoms with Crippen LogP contribution in [0.2, 0.25) is 10.0 Å². The third-order valence-electron chi connectivity index (χ3n) is 2.93. The van der Waals surface area contributed by atoms with E-state index in [-0.39, 0.29) is 21.4 Å². The van der Waals surface area contributed by atoms with E-state index in [2.05, 4.69) is 9.46 Å². The van der Waals surface area contributed by atoms with Gasteiger partial charge in [0, 0.05) is 5.02 Å². The molecule has 1 aromatic carbocycles. The van der Waals surface area contributed by atoms with Gasteiger partial charge < -0.3 is 4.74 Å². The largest absolute Gasteiger partial charge is 0.468 e. The number of halogens is 2. The molecule has 1 atom stereocenters. The number of nitrogens with one attached hydrogen (secondary N) is 1. The van der Waals surface area contributed by atoms with Crippen LogP contribution >= 0.6 is 23.2 Å². The van der Waals surface area contributed by atoms with Crippen LogP contribution in [0.25, 0.3) is 0 Å². The van der Waals surface area contributed by atoms with E-state index in [1.54, 1.807) is 0 Å². The van der Waals surface area contributed by atoms with E-state index < -0.39 is 21.5 Å². The molecular weight excluding hydrogens is 337 g/mol. The maximum Gasteiger partial charge on any atom is 0.326 e. The van der Waals surface area contributed by atoms with Gasteiger partial charge in [-0.25, -0.2) is 8.42 Å². The number of hydrogen-bond donors (Lipinski definition) is 1. The normalized spacial score (nSPS) is 14.5. The molecule has 0 saturated carbocycles. The smallest absolute Gasteiger partial charge is 0.326 e. The number of ether oxygens (including phenoxy) is 1. The maximum atomic E-state index is 12.5. The Morgan fingerprint density at radius 3 is 2.52 bits per heavy atom. The molecule has 0 aliphatic carbocycles. The van der Waals surface area contributed by atoms with Gasteiger partial charge in [0.2, 0.25) is 10.0 Å². The summed E-state index contributed by atoms with van der Waals surface area (Å²) in [5, 5.41) is 0.255. The fourth-order valence-corrected chi connectivity index (χ4v) is 4.11. The Bertz CT molecular complexity index is 633. The van der Waals surface area contributed by atoms with Crippen molar-refractivity contribution in [2.75, 3.05) is 7.11 Å². The molecule has 0 aromatic heterocycles. The molecule has 0 amide bonds. The fourth-order valence-electron chi connectivity index (χ4n) is 1.95. The van der Waals surface area contributed by atoms with Crippen LogP contribution in [0, 0.1) is 0 Å². The second-order valence-electron chi connectivity index (χ2n) is 4.75.